The maximum Gasteiger partial charge on any atom is 2.00 e. The predicted octanol–water partition coefficient (Wildman–Crippen LogP) is 8.27. The molecule has 1 fully saturated rings. The minimum absolute atomic E-state index is 0. The number of hydrogen-bond donors (Lipinski definition) is 0. The molecule has 3 unspecified atom stereocenters. The molecule has 0 aliphatic heterocycles. The Kier molecular flexibility index (Phi) is 13.0. The topological polar surface area (TPSA) is 12.5 Å². The molecule has 0 bridgehead atoms. The number of rotatable bonds is 10. The summed E-state index contributed by atoms with van der Waals surface area (Å²) >= 11 is 0. The van der Waals surface area contributed by atoms with Crippen molar-refractivity contribution in [3.05, 3.63) is 145 Å². The third-order valence-electron chi connectivity index (χ3n) is 8.64. The number of likely N-dealkylation sites (N-methyl/N-ethyl adjacent to an activating group) is 1. The van der Waals surface area contributed by atoms with E-state index in [1.54, 1.807) is 0 Å². The van der Waals surface area contributed by atoms with E-state index in [4.69, 9.17) is 4.74 Å². The van der Waals surface area contributed by atoms with E-state index in [1.165, 1.54) is 32.9 Å². The number of methoxy groups -OCH3 is 1. The summed E-state index contributed by atoms with van der Waals surface area (Å²) in [4.78, 5) is 2.55. The van der Waals surface area contributed by atoms with E-state index < -0.39 is 7.92 Å². The van der Waals surface area contributed by atoms with Crippen LogP contribution in [-0.2, 0) is 21.8 Å². The minimum Gasteiger partial charge on any atom is -0.375 e. The van der Waals surface area contributed by atoms with Crippen LogP contribution in [0.4, 0.5) is 0 Å². The fourth-order valence-electron chi connectivity index (χ4n) is 6.67. The number of aryl methyl sites for hydroxylation is 2. The van der Waals surface area contributed by atoms with Crippen molar-refractivity contribution in [2.24, 2.45) is 5.92 Å². The van der Waals surface area contributed by atoms with Crippen LogP contribution in [0.25, 0.3) is 0 Å². The van der Waals surface area contributed by atoms with Crippen molar-refractivity contribution in [1.29, 1.82) is 0 Å². The van der Waals surface area contributed by atoms with Crippen molar-refractivity contribution in [1.82, 2.24) is 4.90 Å². The molecule has 1 saturated carbocycles. The maximum atomic E-state index is 6.09. The molecule has 0 amide bonds. The largest absolute Gasteiger partial charge is 2.00 e. The number of benzene rings is 4. The second-order valence-electron chi connectivity index (χ2n) is 11.4. The maximum absolute atomic E-state index is 6.09. The number of hydrogen-bond acceptors (Lipinski definition) is 2. The second kappa shape index (κ2) is 16.0. The van der Waals surface area contributed by atoms with Crippen LogP contribution < -0.4 is 10.6 Å². The zero-order chi connectivity index (χ0) is 28.1. The van der Waals surface area contributed by atoms with Gasteiger partial charge < -0.3 is 23.5 Å². The Morgan fingerprint density at radius 3 is 1.83 bits per heavy atom. The fourth-order valence-corrected chi connectivity index (χ4v) is 9.66. The Hall–Kier alpha value is -2.25. The summed E-state index contributed by atoms with van der Waals surface area (Å²) in [7, 11) is 3.59. The van der Waals surface area contributed by atoms with Crippen molar-refractivity contribution in [3.8, 4) is 0 Å². The SMILES string of the molecule is CO[C@H](c1ccccc1)[C@H](C)N(C)CC1C(c2cc(C)cc(C)c2)C[CH-]C1P(c1ccccc1)c1ccccc1.[CH3-].[Fe+2]. The Balaban J connectivity index is 0.00000242. The van der Waals surface area contributed by atoms with Crippen LogP contribution in [0, 0.1) is 33.6 Å². The number of nitrogens with zero attached hydrogens (tertiary/aromatic N) is 1. The predicted molar refractivity (Wildman–Crippen MR) is 179 cm³/mol. The molecule has 0 saturated heterocycles. The Bertz CT molecular complexity index is 1290. The first-order valence-electron chi connectivity index (χ1n) is 14.5. The molecule has 0 N–H and O–H groups in total. The summed E-state index contributed by atoms with van der Waals surface area (Å²) < 4.78 is 6.09. The summed E-state index contributed by atoms with van der Waals surface area (Å²) in [6, 6.07) is 40.5. The molecule has 2 nitrogen and oxygen atoms in total. The molecular formula is C38H46FeNOP. The van der Waals surface area contributed by atoms with E-state index >= 15 is 0 Å². The van der Waals surface area contributed by atoms with E-state index in [0.717, 1.165) is 13.0 Å². The first-order valence-corrected chi connectivity index (χ1v) is 16.0. The molecule has 5 atom stereocenters. The first kappa shape index (κ1) is 34.2. The third kappa shape index (κ3) is 7.82. The van der Waals surface area contributed by atoms with Gasteiger partial charge >= 0.3 is 17.1 Å². The van der Waals surface area contributed by atoms with Gasteiger partial charge in [0.1, 0.15) is 0 Å². The van der Waals surface area contributed by atoms with Gasteiger partial charge in [-0.15, -0.1) is 5.66 Å². The standard InChI is InChI=1S/C37H43NOP.CH3.Fe/c1-27-23-28(2)25-31(24-27)34-21-22-36(40(32-17-11-7-12-18-32)33-19-13-8-14-20-33)35(34)26-38(4)29(3)37(39-5)30-15-9-6-10-16-30;;/h6-20,22-25,29,34-37H,21,26H2,1-5H3;1H3;/q2*-1;+2/t29-,34?,35?,36?,37-;;/m0../s1. The molecule has 4 aromatic rings. The zero-order valence-electron chi connectivity index (χ0n) is 25.9. The molecule has 1 aliphatic carbocycles. The van der Waals surface area contributed by atoms with E-state index in [0.29, 0.717) is 17.5 Å². The van der Waals surface area contributed by atoms with Crippen LogP contribution in [0.2, 0.25) is 0 Å². The normalized spacial score (nSPS) is 19.6. The van der Waals surface area contributed by atoms with Gasteiger partial charge in [0, 0.05) is 13.2 Å². The molecule has 5 rings (SSSR count). The van der Waals surface area contributed by atoms with Gasteiger partial charge in [-0.25, -0.2) is 0 Å². The van der Waals surface area contributed by atoms with Gasteiger partial charge in [-0.05, 0) is 67.9 Å². The molecule has 0 heterocycles. The summed E-state index contributed by atoms with van der Waals surface area (Å²) in [6.45, 7) is 7.81. The molecule has 4 heteroatoms. The first-order chi connectivity index (χ1) is 19.5. The van der Waals surface area contributed by atoms with Crippen LogP contribution in [0.1, 0.15) is 47.6 Å². The fraction of sp³-hybridized carbons (Fsp3) is 0.316. The quantitative estimate of drug-likeness (QED) is 0.101. The smallest absolute Gasteiger partial charge is 0.375 e. The van der Waals surface area contributed by atoms with Crippen LogP contribution in [0.15, 0.2) is 109 Å². The van der Waals surface area contributed by atoms with E-state index in [9.17, 15) is 0 Å². The van der Waals surface area contributed by atoms with Crippen molar-refractivity contribution >= 4 is 18.5 Å². The molecular weight excluding hydrogens is 573 g/mol. The molecule has 4 aromatic carbocycles. The van der Waals surface area contributed by atoms with Crippen LogP contribution in [-0.4, -0.2) is 37.3 Å². The summed E-state index contributed by atoms with van der Waals surface area (Å²) in [5.74, 6) is 0.988. The van der Waals surface area contributed by atoms with Gasteiger partial charge in [-0.3, -0.25) is 0 Å². The van der Waals surface area contributed by atoms with E-state index in [-0.39, 0.29) is 36.6 Å². The molecule has 42 heavy (non-hydrogen) atoms. The van der Waals surface area contributed by atoms with Crippen LogP contribution in [0.5, 0.6) is 0 Å². The van der Waals surface area contributed by atoms with Crippen LogP contribution in [0.3, 0.4) is 0 Å². The van der Waals surface area contributed by atoms with E-state index in [1.807, 2.05) is 7.11 Å². The molecule has 1 aliphatic rings. The summed E-state index contributed by atoms with van der Waals surface area (Å²) in [6.07, 6.45) is 3.81. The van der Waals surface area contributed by atoms with Gasteiger partial charge in [-0.1, -0.05) is 128 Å². The number of ether oxygens (including phenoxy) is 1. The molecule has 0 aromatic heterocycles. The van der Waals surface area contributed by atoms with Crippen molar-refractivity contribution in [2.75, 3.05) is 20.7 Å². The van der Waals surface area contributed by atoms with Gasteiger partial charge in [0.15, 0.2) is 0 Å². The molecule has 0 radical (unpaired) electrons. The van der Waals surface area contributed by atoms with Gasteiger partial charge in [0.2, 0.25) is 0 Å². The van der Waals surface area contributed by atoms with Crippen molar-refractivity contribution in [2.45, 2.75) is 50.9 Å². The minimum atomic E-state index is -0.550. The summed E-state index contributed by atoms with van der Waals surface area (Å²) in [5.41, 5.74) is 5.93. The summed E-state index contributed by atoms with van der Waals surface area (Å²) in [5, 5.41) is 2.93. The van der Waals surface area contributed by atoms with Gasteiger partial charge in [0.25, 0.3) is 0 Å². The van der Waals surface area contributed by atoms with Crippen LogP contribution >= 0.6 is 7.92 Å². The van der Waals surface area contributed by atoms with Crippen molar-refractivity contribution < 1.29 is 21.8 Å². The van der Waals surface area contributed by atoms with Gasteiger partial charge in [-0.2, -0.15) is 6.42 Å². The Morgan fingerprint density at radius 1 is 0.833 bits per heavy atom. The van der Waals surface area contributed by atoms with Gasteiger partial charge in [0.05, 0.1) is 6.10 Å². The average molecular weight is 620 g/mol. The average Bonchev–Trinajstić information content (AvgIpc) is 3.37. The van der Waals surface area contributed by atoms with Crippen molar-refractivity contribution in [3.63, 3.8) is 0 Å². The Morgan fingerprint density at radius 2 is 1.33 bits per heavy atom. The molecule has 0 spiro atoms. The Labute approximate surface area is 267 Å². The van der Waals surface area contributed by atoms with E-state index in [2.05, 4.69) is 148 Å². The second-order valence-corrected chi connectivity index (χ2v) is 13.8. The monoisotopic (exact) mass is 619 g/mol. The molecule has 222 valence electrons. The third-order valence-corrected chi connectivity index (χ3v) is 11.5. The zero-order valence-corrected chi connectivity index (χ0v) is 27.9.